The molecular weight excluding hydrogens is 284 g/mol. The zero-order valence-corrected chi connectivity index (χ0v) is 12.7. The van der Waals surface area contributed by atoms with E-state index in [1.165, 1.54) is 10.9 Å². The van der Waals surface area contributed by atoms with Crippen molar-refractivity contribution >= 4 is 29.9 Å². The zero-order valence-electron chi connectivity index (χ0n) is 12.7. The molecule has 0 aliphatic rings. The molecule has 1 heterocycles. The molecule has 0 aromatic carbocycles. The van der Waals surface area contributed by atoms with E-state index in [1.807, 2.05) is 19.9 Å². The molecule has 0 aliphatic heterocycles. The van der Waals surface area contributed by atoms with Crippen LogP contribution in [0.5, 0.6) is 0 Å². The van der Waals surface area contributed by atoms with E-state index < -0.39 is 5.97 Å². The number of aliphatic imine (C=N–C) groups is 2. The van der Waals surface area contributed by atoms with Crippen molar-refractivity contribution in [3.8, 4) is 6.07 Å². The van der Waals surface area contributed by atoms with Gasteiger partial charge in [-0.1, -0.05) is 0 Å². The number of aromatic nitrogens is 2. The highest BCUT2D eigenvalue weighted by atomic mass is 16.4. The number of carboxylic acids is 1. The van der Waals surface area contributed by atoms with Crippen LogP contribution in [0.1, 0.15) is 44.5 Å². The lowest BCUT2D eigenvalue weighted by Crippen LogP contribution is -2.07. The molecule has 8 heteroatoms. The highest BCUT2D eigenvalue weighted by Crippen LogP contribution is 2.26. The molecule has 0 radical (unpaired) electrons. The van der Waals surface area contributed by atoms with Crippen LogP contribution in [-0.2, 0) is 4.79 Å². The van der Waals surface area contributed by atoms with E-state index in [1.54, 1.807) is 6.92 Å². The summed E-state index contributed by atoms with van der Waals surface area (Å²) in [5.74, 6) is -0.734. The van der Waals surface area contributed by atoms with Crippen LogP contribution in [0.15, 0.2) is 16.2 Å². The Morgan fingerprint density at radius 3 is 2.73 bits per heavy atom. The first-order chi connectivity index (χ1) is 10.3. The molecule has 0 fully saturated rings. The fourth-order valence-corrected chi connectivity index (χ4v) is 1.74. The molecule has 0 saturated heterocycles. The van der Waals surface area contributed by atoms with E-state index in [0.717, 1.165) is 0 Å². The number of aliphatic carboxylic acids is 1. The van der Waals surface area contributed by atoms with Gasteiger partial charge in [0.15, 0.2) is 0 Å². The predicted molar refractivity (Wildman–Crippen MR) is 84.6 cm³/mol. The Labute approximate surface area is 128 Å². The molecule has 1 aromatic rings. The van der Waals surface area contributed by atoms with Crippen LogP contribution in [0, 0.1) is 11.3 Å². The topological polar surface area (TPSA) is 130 Å². The van der Waals surface area contributed by atoms with Gasteiger partial charge in [-0.05, 0) is 27.5 Å². The maximum absolute atomic E-state index is 10.6. The maximum Gasteiger partial charge on any atom is 0.309 e. The van der Waals surface area contributed by atoms with Crippen molar-refractivity contribution < 1.29 is 9.90 Å². The van der Waals surface area contributed by atoms with Crippen molar-refractivity contribution in [3.63, 3.8) is 0 Å². The summed E-state index contributed by atoms with van der Waals surface area (Å²) in [6.07, 6.45) is 1.15. The zero-order chi connectivity index (χ0) is 16.9. The van der Waals surface area contributed by atoms with E-state index in [0.29, 0.717) is 5.71 Å². The molecule has 8 nitrogen and oxygen atoms in total. The number of nitrogens with two attached hydrogens (primary N) is 1. The van der Waals surface area contributed by atoms with Crippen LogP contribution in [0.25, 0.3) is 5.70 Å². The Morgan fingerprint density at radius 1 is 1.64 bits per heavy atom. The highest BCUT2D eigenvalue weighted by molar-refractivity contribution is 5.97. The van der Waals surface area contributed by atoms with Gasteiger partial charge in [0.2, 0.25) is 0 Å². The highest BCUT2D eigenvalue weighted by Gasteiger charge is 2.19. The van der Waals surface area contributed by atoms with Gasteiger partial charge in [-0.25, -0.2) is 4.68 Å². The van der Waals surface area contributed by atoms with Crippen molar-refractivity contribution in [3.05, 3.63) is 17.5 Å². The van der Waals surface area contributed by atoms with Gasteiger partial charge in [0.05, 0.1) is 12.6 Å². The van der Waals surface area contributed by atoms with E-state index in [9.17, 15) is 10.1 Å². The van der Waals surface area contributed by atoms with Gasteiger partial charge in [0, 0.05) is 11.8 Å². The van der Waals surface area contributed by atoms with E-state index in [4.69, 9.17) is 10.8 Å². The summed E-state index contributed by atoms with van der Waals surface area (Å²) in [7, 11) is 0. The number of nitriles is 1. The number of anilines is 1. The molecule has 0 unspecified atom stereocenters. The molecule has 0 atom stereocenters. The second-order valence-electron chi connectivity index (χ2n) is 4.87. The summed E-state index contributed by atoms with van der Waals surface area (Å²) in [5, 5.41) is 22.2. The van der Waals surface area contributed by atoms with E-state index >= 15 is 0 Å². The summed E-state index contributed by atoms with van der Waals surface area (Å²) in [6.45, 7) is 8.78. The summed E-state index contributed by atoms with van der Waals surface area (Å²) < 4.78 is 1.51. The summed E-state index contributed by atoms with van der Waals surface area (Å²) in [4.78, 5) is 18.4. The van der Waals surface area contributed by atoms with Crippen molar-refractivity contribution in [2.24, 2.45) is 9.98 Å². The van der Waals surface area contributed by atoms with Crippen molar-refractivity contribution in [2.45, 2.75) is 33.2 Å². The van der Waals surface area contributed by atoms with Crippen LogP contribution in [0.4, 0.5) is 5.82 Å². The lowest BCUT2D eigenvalue weighted by Gasteiger charge is -2.06. The van der Waals surface area contributed by atoms with E-state index in [-0.39, 0.29) is 35.2 Å². The van der Waals surface area contributed by atoms with Gasteiger partial charge >= 0.3 is 5.97 Å². The van der Waals surface area contributed by atoms with Crippen molar-refractivity contribution in [1.82, 2.24) is 9.78 Å². The first kappa shape index (κ1) is 17.1. The van der Waals surface area contributed by atoms with Crippen LogP contribution in [0.3, 0.4) is 0 Å². The minimum Gasteiger partial charge on any atom is -0.481 e. The maximum atomic E-state index is 10.6. The predicted octanol–water partition coefficient (Wildman–Crippen LogP) is 1.85. The van der Waals surface area contributed by atoms with Gasteiger partial charge in [0.25, 0.3) is 0 Å². The summed E-state index contributed by atoms with van der Waals surface area (Å²) in [6, 6.07) is 1.97. The molecule has 0 amide bonds. The minimum atomic E-state index is -0.978. The van der Waals surface area contributed by atoms with Crippen LogP contribution < -0.4 is 5.73 Å². The van der Waals surface area contributed by atoms with E-state index in [2.05, 4.69) is 21.8 Å². The third kappa shape index (κ3) is 3.79. The Bertz CT molecular complexity index is 691. The number of nitrogens with zero attached hydrogens (tertiary/aromatic N) is 5. The molecular formula is C14H18N6O2. The monoisotopic (exact) mass is 302 g/mol. The van der Waals surface area contributed by atoms with Gasteiger partial charge in [0.1, 0.15) is 28.8 Å². The largest absolute Gasteiger partial charge is 0.481 e. The third-order valence-corrected chi connectivity index (χ3v) is 2.78. The fraction of sp³-hybridized carbons (Fsp3) is 0.357. The van der Waals surface area contributed by atoms with Crippen molar-refractivity contribution in [1.29, 1.82) is 5.26 Å². The van der Waals surface area contributed by atoms with Gasteiger partial charge in [-0.3, -0.25) is 14.8 Å². The molecule has 0 aliphatic carbocycles. The number of hydrogen-bond donors (Lipinski definition) is 2. The Balaban J connectivity index is 3.32. The number of rotatable bonds is 6. The number of carboxylic acid groups (broad SMARTS) is 1. The minimum absolute atomic E-state index is 0.0239. The van der Waals surface area contributed by atoms with Gasteiger partial charge in [-0.2, -0.15) is 10.4 Å². The van der Waals surface area contributed by atoms with Crippen LogP contribution in [-0.4, -0.2) is 33.3 Å². The molecule has 0 spiro atoms. The quantitative estimate of drug-likeness (QED) is 0.774. The molecule has 0 bridgehead atoms. The first-order valence-corrected chi connectivity index (χ1v) is 6.52. The normalized spacial score (nSPS) is 12.3. The fourth-order valence-electron chi connectivity index (χ4n) is 1.74. The lowest BCUT2D eigenvalue weighted by molar-refractivity contribution is -0.135. The summed E-state index contributed by atoms with van der Waals surface area (Å²) in [5.41, 5.74) is 7.02. The average molecular weight is 302 g/mol. The average Bonchev–Trinajstić information content (AvgIpc) is 2.75. The Morgan fingerprint density at radius 2 is 2.27 bits per heavy atom. The summed E-state index contributed by atoms with van der Waals surface area (Å²) >= 11 is 0. The Hall–Kier alpha value is -2.95. The van der Waals surface area contributed by atoms with Gasteiger partial charge < -0.3 is 10.8 Å². The van der Waals surface area contributed by atoms with Crippen LogP contribution >= 0.6 is 0 Å². The lowest BCUT2D eigenvalue weighted by atomic mass is 10.2. The molecule has 1 aromatic heterocycles. The smallest absolute Gasteiger partial charge is 0.309 e. The third-order valence-electron chi connectivity index (χ3n) is 2.78. The Kier molecular flexibility index (Phi) is 5.57. The SMILES string of the molecule is C=N/C(=C\N=C(/C)CC(=O)O)c1nn(C(C)C)c(N)c1C#N. The van der Waals surface area contributed by atoms with Gasteiger partial charge in [-0.15, -0.1) is 0 Å². The standard InChI is InChI=1S/C14H18N6O2/c1-8(2)20-14(16)10(6-15)13(19-20)11(17-4)7-18-9(3)5-12(21)22/h7-8H,4-5,16H2,1-3H3,(H,21,22)/b11-7-,18-9+. The number of nitrogen functional groups attached to an aromatic ring is 1. The van der Waals surface area contributed by atoms with Crippen LogP contribution in [0.2, 0.25) is 0 Å². The molecule has 3 N–H and O–H groups in total. The van der Waals surface area contributed by atoms with Crippen molar-refractivity contribution in [2.75, 3.05) is 5.73 Å². The molecule has 22 heavy (non-hydrogen) atoms. The number of carbonyl (C=O) groups is 1. The molecule has 116 valence electrons. The second-order valence-corrected chi connectivity index (χ2v) is 4.87. The number of hydrogen-bond acceptors (Lipinski definition) is 6. The molecule has 1 rings (SSSR count). The first-order valence-electron chi connectivity index (χ1n) is 6.52. The molecule has 0 saturated carbocycles. The second kappa shape index (κ2) is 7.17.